The lowest BCUT2D eigenvalue weighted by molar-refractivity contribution is -0.451. The molecule has 0 spiro atoms. The second-order valence-corrected chi connectivity index (χ2v) is 6.87. The first kappa shape index (κ1) is 17.0. The molecule has 1 aliphatic rings. The number of rotatable bonds is 4. The van der Waals surface area contributed by atoms with Crippen LogP contribution in [0.5, 0.6) is 0 Å². The van der Waals surface area contributed by atoms with Gasteiger partial charge in [0.25, 0.3) is 0 Å². The first-order valence-electron chi connectivity index (χ1n) is 7.20. The van der Waals surface area contributed by atoms with Gasteiger partial charge in [-0.05, 0) is 49.9 Å². The van der Waals surface area contributed by atoms with Crippen LogP contribution in [0.25, 0.3) is 0 Å². The third-order valence-electron chi connectivity index (χ3n) is 3.12. The van der Waals surface area contributed by atoms with Gasteiger partial charge in [-0.3, -0.25) is 19.9 Å². The van der Waals surface area contributed by atoms with Crippen molar-refractivity contribution in [3.63, 3.8) is 0 Å². The van der Waals surface area contributed by atoms with Gasteiger partial charge in [0.15, 0.2) is 0 Å². The molecule has 5 nitrogen and oxygen atoms in total. The van der Waals surface area contributed by atoms with E-state index in [1.165, 1.54) is 16.7 Å². The number of hydrogen-bond acceptors (Lipinski definition) is 3. The summed E-state index contributed by atoms with van der Waals surface area (Å²) in [5.74, 6) is -0.317. The lowest BCUT2D eigenvalue weighted by Gasteiger charge is -2.14. The molecule has 0 saturated carbocycles. The molecule has 1 aromatic carbocycles. The number of hydrogen-bond donors (Lipinski definition) is 2. The number of nitrogens with one attached hydrogen (secondary N) is 2. The van der Waals surface area contributed by atoms with Crippen molar-refractivity contribution in [2.75, 3.05) is 18.0 Å². The number of amides is 2. The van der Waals surface area contributed by atoms with Gasteiger partial charge in [-0.15, -0.1) is 0 Å². The van der Waals surface area contributed by atoms with E-state index in [2.05, 4.69) is 26.2 Å². The number of benzene rings is 1. The van der Waals surface area contributed by atoms with Gasteiger partial charge in [-0.25, -0.2) is 4.90 Å². The third kappa shape index (κ3) is 3.89. The molecule has 1 aliphatic heterocycles. The zero-order valence-electron chi connectivity index (χ0n) is 12.6. The van der Waals surface area contributed by atoms with E-state index in [0.717, 1.165) is 22.7 Å². The smallest absolute Gasteiger partial charge is 0.274 e. The third-order valence-corrected chi connectivity index (χ3v) is 4.83. The highest BCUT2D eigenvalue weighted by Crippen LogP contribution is 2.30. The summed E-state index contributed by atoms with van der Waals surface area (Å²) in [4.78, 5) is 29.2. The summed E-state index contributed by atoms with van der Waals surface area (Å²) >= 11 is 4.74. The van der Waals surface area contributed by atoms with E-state index in [1.54, 1.807) is 12.1 Å². The number of imide groups is 1. The molecule has 1 atom stereocenters. The van der Waals surface area contributed by atoms with Crippen LogP contribution in [0.1, 0.15) is 20.3 Å². The molecular weight excluding hydrogens is 366 g/mol. The van der Waals surface area contributed by atoms with Crippen LogP contribution in [0.15, 0.2) is 28.7 Å². The highest BCUT2D eigenvalue weighted by atomic mass is 79.9. The molecule has 22 heavy (non-hydrogen) atoms. The normalized spacial score (nSPS) is 19.0. The Hall–Kier alpha value is -1.34. The summed E-state index contributed by atoms with van der Waals surface area (Å²) in [6, 6.07) is 7.19. The number of anilines is 1. The molecule has 7 heteroatoms. The zero-order valence-corrected chi connectivity index (χ0v) is 15.0. The largest absolute Gasteiger partial charge is 0.304 e. The summed E-state index contributed by atoms with van der Waals surface area (Å²) in [7, 11) is 0. The van der Waals surface area contributed by atoms with E-state index >= 15 is 0 Å². The first-order chi connectivity index (χ1) is 10.6. The molecule has 0 bridgehead atoms. The number of carbonyl (C=O) groups excluding carboxylic acids is 2. The Morgan fingerprint density at radius 3 is 2.64 bits per heavy atom. The highest BCUT2D eigenvalue weighted by Gasteiger charge is 2.41. The van der Waals surface area contributed by atoms with Gasteiger partial charge >= 0.3 is 5.17 Å². The van der Waals surface area contributed by atoms with Crippen LogP contribution in [-0.2, 0) is 9.59 Å². The standard InChI is InChI=1S/C15H18BrN3O2S/c1-3-17-15(18-4-2)22-12-9-13(20)19(14(12)21)11-7-5-10(16)6-8-11/h5-8,12H,3-4,9H2,1-2H3,(H,17,18)/p+1/t12-/m1/s1. The van der Waals surface area contributed by atoms with Crippen molar-refractivity contribution in [3.8, 4) is 0 Å². The fourth-order valence-electron chi connectivity index (χ4n) is 2.17. The number of thioether (sulfide) groups is 1. The van der Waals surface area contributed by atoms with Crippen LogP contribution in [0.3, 0.4) is 0 Å². The molecule has 0 unspecified atom stereocenters. The van der Waals surface area contributed by atoms with Crippen LogP contribution in [-0.4, -0.2) is 35.3 Å². The van der Waals surface area contributed by atoms with Gasteiger partial charge in [-0.2, -0.15) is 0 Å². The Balaban J connectivity index is 2.14. The summed E-state index contributed by atoms with van der Waals surface area (Å²) in [6.45, 7) is 5.52. The van der Waals surface area contributed by atoms with Gasteiger partial charge in [0.05, 0.1) is 18.8 Å². The van der Waals surface area contributed by atoms with E-state index in [1.807, 2.05) is 26.0 Å². The lowest BCUT2D eigenvalue weighted by Crippen LogP contribution is -2.74. The minimum absolute atomic E-state index is 0.155. The predicted octanol–water partition coefficient (Wildman–Crippen LogP) is 0.880. The first-order valence-corrected chi connectivity index (χ1v) is 8.87. The lowest BCUT2D eigenvalue weighted by atomic mass is 10.3. The van der Waals surface area contributed by atoms with Crippen molar-refractivity contribution >= 4 is 50.4 Å². The van der Waals surface area contributed by atoms with E-state index in [0.29, 0.717) is 5.69 Å². The van der Waals surface area contributed by atoms with Gasteiger partial charge in [0, 0.05) is 10.9 Å². The van der Waals surface area contributed by atoms with Crippen LogP contribution in [0.4, 0.5) is 5.69 Å². The molecule has 2 rings (SSSR count). The van der Waals surface area contributed by atoms with E-state index in [-0.39, 0.29) is 23.5 Å². The second-order valence-electron chi connectivity index (χ2n) is 4.74. The molecule has 118 valence electrons. The molecule has 1 aromatic rings. The maximum Gasteiger partial charge on any atom is 0.304 e. The van der Waals surface area contributed by atoms with E-state index < -0.39 is 0 Å². The summed E-state index contributed by atoms with van der Waals surface area (Å²) in [5.41, 5.74) is 0.620. The van der Waals surface area contributed by atoms with Crippen LogP contribution in [0.2, 0.25) is 0 Å². The molecule has 2 amide bonds. The Labute approximate surface area is 142 Å². The van der Waals surface area contributed by atoms with Gasteiger partial charge in [-0.1, -0.05) is 15.9 Å². The zero-order chi connectivity index (χ0) is 16.1. The Morgan fingerprint density at radius 2 is 2.05 bits per heavy atom. The van der Waals surface area contributed by atoms with Crippen molar-refractivity contribution in [2.24, 2.45) is 0 Å². The molecule has 0 aliphatic carbocycles. The van der Waals surface area contributed by atoms with Crippen LogP contribution < -0.4 is 15.2 Å². The van der Waals surface area contributed by atoms with Crippen molar-refractivity contribution in [1.82, 2.24) is 5.32 Å². The maximum atomic E-state index is 12.5. The van der Waals surface area contributed by atoms with E-state index in [9.17, 15) is 9.59 Å². The average Bonchev–Trinajstić information content (AvgIpc) is 2.75. The fraction of sp³-hybridized carbons (Fsp3) is 0.400. The average molecular weight is 385 g/mol. The van der Waals surface area contributed by atoms with Gasteiger partial charge < -0.3 is 0 Å². The number of nitrogens with zero attached hydrogens (tertiary/aromatic N) is 1. The fourth-order valence-corrected chi connectivity index (χ4v) is 3.60. The molecule has 0 radical (unpaired) electrons. The SMILES string of the molecule is CCNC(=[NH+]CC)S[C@@H]1CC(=O)N(c2ccc(Br)cc2)C1=O. The van der Waals surface area contributed by atoms with Gasteiger partial charge in [0.1, 0.15) is 5.25 Å². The monoisotopic (exact) mass is 384 g/mol. The molecular formula is C15H19BrN3O2S+. The Kier molecular flexibility index (Phi) is 6.02. The van der Waals surface area contributed by atoms with Crippen molar-refractivity contribution in [2.45, 2.75) is 25.5 Å². The van der Waals surface area contributed by atoms with Crippen LogP contribution in [0, 0.1) is 0 Å². The predicted molar refractivity (Wildman–Crippen MR) is 92.8 cm³/mol. The van der Waals surface area contributed by atoms with Gasteiger partial charge in [0.2, 0.25) is 11.8 Å². The maximum absolute atomic E-state index is 12.5. The molecule has 1 fully saturated rings. The number of amidine groups is 1. The Morgan fingerprint density at radius 1 is 1.36 bits per heavy atom. The van der Waals surface area contributed by atoms with Crippen molar-refractivity contribution < 1.29 is 14.6 Å². The summed E-state index contributed by atoms with van der Waals surface area (Å²) in [5, 5.41) is 3.64. The minimum Gasteiger partial charge on any atom is -0.274 e. The summed E-state index contributed by atoms with van der Waals surface area (Å²) in [6.07, 6.45) is 0.222. The quantitative estimate of drug-likeness (QED) is 0.459. The summed E-state index contributed by atoms with van der Waals surface area (Å²) < 4.78 is 0.913. The molecule has 2 N–H and O–H groups in total. The highest BCUT2D eigenvalue weighted by molar-refractivity contribution is 9.10. The Bertz CT molecular complexity index is 589. The van der Waals surface area contributed by atoms with E-state index in [4.69, 9.17) is 0 Å². The molecule has 0 aromatic heterocycles. The molecule has 1 saturated heterocycles. The topological polar surface area (TPSA) is 63.4 Å². The number of halogens is 1. The molecule has 1 heterocycles. The van der Waals surface area contributed by atoms with Crippen LogP contribution >= 0.6 is 27.7 Å². The van der Waals surface area contributed by atoms with Crippen molar-refractivity contribution in [3.05, 3.63) is 28.7 Å². The minimum atomic E-state index is -0.385. The number of carbonyl (C=O) groups is 2. The van der Waals surface area contributed by atoms with Crippen molar-refractivity contribution in [1.29, 1.82) is 0 Å². The second kappa shape index (κ2) is 7.78.